The first-order valence-electron chi connectivity index (χ1n) is 8.12. The average Bonchev–Trinajstić information content (AvgIpc) is 3.06. The molecule has 7 nitrogen and oxygen atoms in total. The molecular weight excluding hydrogens is 364 g/mol. The Bertz CT molecular complexity index is 1180. The van der Waals surface area contributed by atoms with E-state index in [0.717, 1.165) is 5.56 Å². The maximum absolute atomic E-state index is 12.5. The molecule has 0 saturated heterocycles. The molecule has 27 heavy (non-hydrogen) atoms. The number of Topliss-reactive ketones (excluding diaryl/α,β-unsaturated/α-hetero) is 1. The second kappa shape index (κ2) is 7.16. The van der Waals surface area contributed by atoms with E-state index in [2.05, 4.69) is 15.2 Å². The van der Waals surface area contributed by atoms with Gasteiger partial charge in [-0.05, 0) is 24.3 Å². The minimum Gasteiger partial charge on any atom is -0.422 e. The second-order valence-corrected chi connectivity index (χ2v) is 6.74. The number of aromatic nitrogens is 4. The number of nitrogens with zero attached hydrogens (tertiary/aromatic N) is 4. The molecular formula is C19H14N4O3S. The van der Waals surface area contributed by atoms with Gasteiger partial charge in [0.15, 0.2) is 16.8 Å². The number of thioether (sulfide) groups is 1. The molecule has 0 atom stereocenters. The fourth-order valence-corrected chi connectivity index (χ4v) is 3.45. The van der Waals surface area contributed by atoms with E-state index < -0.39 is 5.63 Å². The molecule has 3 heterocycles. The summed E-state index contributed by atoms with van der Waals surface area (Å²) in [6, 6.07) is 12.3. The molecule has 0 bridgehead atoms. The van der Waals surface area contributed by atoms with Crippen LogP contribution < -0.4 is 5.63 Å². The van der Waals surface area contributed by atoms with E-state index in [4.69, 9.17) is 4.42 Å². The Kier molecular flexibility index (Phi) is 4.55. The zero-order valence-electron chi connectivity index (χ0n) is 14.3. The van der Waals surface area contributed by atoms with Crippen LogP contribution in [-0.2, 0) is 7.05 Å². The number of rotatable bonds is 5. The molecule has 4 rings (SSSR count). The largest absolute Gasteiger partial charge is 0.422 e. The Morgan fingerprint density at radius 1 is 1.15 bits per heavy atom. The third-order valence-electron chi connectivity index (χ3n) is 4.05. The van der Waals surface area contributed by atoms with Crippen molar-refractivity contribution in [2.24, 2.45) is 7.05 Å². The standard InChI is InChI=1S/C19H14N4O3S/c1-23-17(12-6-8-20-9-7-12)21-22-19(23)27-11-15(24)14-10-13-4-2-3-5-16(13)26-18(14)25/h2-10H,11H2,1H3. The lowest BCUT2D eigenvalue weighted by molar-refractivity contribution is 0.101. The van der Waals surface area contributed by atoms with Crippen LogP contribution in [0.1, 0.15) is 10.4 Å². The molecule has 0 saturated carbocycles. The van der Waals surface area contributed by atoms with Gasteiger partial charge in [0.05, 0.1) is 5.75 Å². The van der Waals surface area contributed by atoms with Crippen molar-refractivity contribution < 1.29 is 9.21 Å². The van der Waals surface area contributed by atoms with Gasteiger partial charge < -0.3 is 8.98 Å². The first kappa shape index (κ1) is 17.2. The summed E-state index contributed by atoms with van der Waals surface area (Å²) in [5.74, 6) is 0.427. The molecule has 0 radical (unpaired) electrons. The predicted octanol–water partition coefficient (Wildman–Crippen LogP) is 2.96. The van der Waals surface area contributed by atoms with Crippen LogP contribution in [0.3, 0.4) is 0 Å². The van der Waals surface area contributed by atoms with E-state index in [1.54, 1.807) is 41.2 Å². The monoisotopic (exact) mass is 378 g/mol. The molecule has 0 aliphatic carbocycles. The summed E-state index contributed by atoms with van der Waals surface area (Å²) in [7, 11) is 1.83. The third kappa shape index (κ3) is 3.39. The number of carbonyl (C=O) groups is 1. The summed E-state index contributed by atoms with van der Waals surface area (Å²) in [5, 5.41) is 9.60. The normalized spacial score (nSPS) is 11.0. The SMILES string of the molecule is Cn1c(SCC(=O)c2cc3ccccc3oc2=O)nnc1-c1ccncc1. The molecule has 134 valence electrons. The van der Waals surface area contributed by atoms with Crippen molar-refractivity contribution in [1.82, 2.24) is 19.7 Å². The van der Waals surface area contributed by atoms with Crippen molar-refractivity contribution in [1.29, 1.82) is 0 Å². The highest BCUT2D eigenvalue weighted by Gasteiger charge is 2.17. The van der Waals surface area contributed by atoms with Crippen molar-refractivity contribution in [2.75, 3.05) is 5.75 Å². The molecule has 0 N–H and O–H groups in total. The Labute approximate surface area is 158 Å². The van der Waals surface area contributed by atoms with E-state index in [1.165, 1.54) is 11.8 Å². The van der Waals surface area contributed by atoms with E-state index in [0.29, 0.717) is 22.0 Å². The van der Waals surface area contributed by atoms with Gasteiger partial charge in [-0.2, -0.15) is 0 Å². The predicted molar refractivity (Wildman–Crippen MR) is 102 cm³/mol. The fourth-order valence-electron chi connectivity index (χ4n) is 2.66. The van der Waals surface area contributed by atoms with Crippen LogP contribution >= 0.6 is 11.8 Å². The van der Waals surface area contributed by atoms with Gasteiger partial charge in [-0.3, -0.25) is 9.78 Å². The summed E-state index contributed by atoms with van der Waals surface area (Å²) >= 11 is 1.22. The van der Waals surface area contributed by atoms with Crippen LogP contribution in [0.5, 0.6) is 0 Å². The molecule has 4 aromatic rings. The van der Waals surface area contributed by atoms with Gasteiger partial charge in [0.25, 0.3) is 0 Å². The zero-order chi connectivity index (χ0) is 18.8. The number of pyridine rings is 1. The average molecular weight is 378 g/mol. The number of hydrogen-bond donors (Lipinski definition) is 0. The number of benzene rings is 1. The summed E-state index contributed by atoms with van der Waals surface area (Å²) < 4.78 is 7.03. The Hall–Kier alpha value is -3.26. The lowest BCUT2D eigenvalue weighted by Gasteiger charge is -2.04. The van der Waals surface area contributed by atoms with E-state index in [9.17, 15) is 9.59 Å². The van der Waals surface area contributed by atoms with Gasteiger partial charge in [-0.15, -0.1) is 10.2 Å². The number of para-hydroxylation sites is 1. The maximum Gasteiger partial charge on any atom is 0.347 e. The smallest absolute Gasteiger partial charge is 0.347 e. The first-order valence-corrected chi connectivity index (χ1v) is 9.11. The molecule has 0 aliphatic rings. The van der Waals surface area contributed by atoms with Crippen molar-refractivity contribution in [2.45, 2.75) is 5.16 Å². The van der Waals surface area contributed by atoms with E-state index in [1.807, 2.05) is 25.2 Å². The van der Waals surface area contributed by atoms with Gasteiger partial charge in [0, 0.05) is 30.4 Å². The summed E-state index contributed by atoms with van der Waals surface area (Å²) in [6.45, 7) is 0. The van der Waals surface area contributed by atoms with Crippen molar-refractivity contribution in [3.8, 4) is 11.4 Å². The minimum absolute atomic E-state index is 0.0396. The van der Waals surface area contributed by atoms with Crippen LogP contribution in [0.4, 0.5) is 0 Å². The van der Waals surface area contributed by atoms with Gasteiger partial charge in [-0.1, -0.05) is 30.0 Å². The summed E-state index contributed by atoms with van der Waals surface area (Å²) in [4.78, 5) is 28.6. The van der Waals surface area contributed by atoms with Gasteiger partial charge in [-0.25, -0.2) is 4.79 Å². The van der Waals surface area contributed by atoms with Crippen LogP contribution in [-0.4, -0.2) is 31.3 Å². The molecule has 8 heteroatoms. The Balaban J connectivity index is 1.54. The molecule has 3 aromatic heterocycles. The highest BCUT2D eigenvalue weighted by Crippen LogP contribution is 2.23. The Morgan fingerprint density at radius 2 is 1.93 bits per heavy atom. The first-order chi connectivity index (χ1) is 13.1. The molecule has 0 aliphatic heterocycles. The van der Waals surface area contributed by atoms with Crippen molar-refractivity contribution >= 4 is 28.5 Å². The maximum atomic E-state index is 12.5. The topological polar surface area (TPSA) is 90.9 Å². The molecule has 0 spiro atoms. The highest BCUT2D eigenvalue weighted by atomic mass is 32.2. The molecule has 1 aromatic carbocycles. The molecule has 0 amide bonds. The second-order valence-electron chi connectivity index (χ2n) is 5.80. The summed E-state index contributed by atoms with van der Waals surface area (Å²) in [6.07, 6.45) is 3.36. The fraction of sp³-hybridized carbons (Fsp3) is 0.105. The van der Waals surface area contributed by atoms with Gasteiger partial charge >= 0.3 is 5.63 Å². The number of ketones is 1. The van der Waals surface area contributed by atoms with Crippen molar-refractivity contribution in [3.05, 3.63) is 70.8 Å². The lowest BCUT2D eigenvalue weighted by atomic mass is 10.1. The van der Waals surface area contributed by atoms with Gasteiger partial charge in [0.2, 0.25) is 0 Å². The zero-order valence-corrected chi connectivity index (χ0v) is 15.1. The van der Waals surface area contributed by atoms with Crippen molar-refractivity contribution in [3.63, 3.8) is 0 Å². The van der Waals surface area contributed by atoms with Crippen LogP contribution in [0.2, 0.25) is 0 Å². The van der Waals surface area contributed by atoms with Crippen LogP contribution in [0.25, 0.3) is 22.4 Å². The Morgan fingerprint density at radius 3 is 2.74 bits per heavy atom. The lowest BCUT2D eigenvalue weighted by Crippen LogP contribution is -2.15. The quantitative estimate of drug-likeness (QED) is 0.299. The number of carbonyl (C=O) groups excluding carboxylic acids is 1. The minimum atomic E-state index is -0.630. The number of fused-ring (bicyclic) bond motifs is 1. The molecule has 0 fully saturated rings. The highest BCUT2D eigenvalue weighted by molar-refractivity contribution is 7.99. The van der Waals surface area contributed by atoms with E-state index >= 15 is 0 Å². The number of hydrogen-bond acceptors (Lipinski definition) is 7. The van der Waals surface area contributed by atoms with Crippen LogP contribution in [0.15, 0.2) is 69.2 Å². The van der Waals surface area contributed by atoms with E-state index in [-0.39, 0.29) is 17.1 Å². The summed E-state index contributed by atoms with van der Waals surface area (Å²) in [5.41, 5.74) is 0.753. The van der Waals surface area contributed by atoms with Crippen LogP contribution in [0, 0.1) is 0 Å². The third-order valence-corrected chi connectivity index (χ3v) is 5.07. The van der Waals surface area contributed by atoms with Gasteiger partial charge in [0.1, 0.15) is 11.1 Å². The molecule has 0 unspecified atom stereocenters.